The molecule has 3 rings (SSSR count). The highest BCUT2D eigenvalue weighted by Crippen LogP contribution is 2.60. The summed E-state index contributed by atoms with van der Waals surface area (Å²) in [4.78, 5) is 2.11. The highest BCUT2D eigenvalue weighted by atomic mass is 19.1. The molecule has 27 heavy (non-hydrogen) atoms. The van der Waals surface area contributed by atoms with Gasteiger partial charge in [-0.05, 0) is 37.2 Å². The van der Waals surface area contributed by atoms with E-state index in [1.807, 2.05) is 27.0 Å². The molecular formula is C21H20FN5. The van der Waals surface area contributed by atoms with Crippen molar-refractivity contribution >= 4 is 0 Å². The molecule has 0 saturated carbocycles. The number of halogens is 1. The number of benzene rings is 1. The van der Waals surface area contributed by atoms with Crippen molar-refractivity contribution in [1.82, 2.24) is 4.90 Å². The summed E-state index contributed by atoms with van der Waals surface area (Å²) in [5, 5.41) is 29.8. The van der Waals surface area contributed by atoms with Crippen molar-refractivity contribution in [2.45, 2.75) is 25.8 Å². The smallest absolute Gasteiger partial charge is 0.191 e. The molecule has 2 aliphatic rings. The molecule has 5 nitrogen and oxygen atoms in total. The van der Waals surface area contributed by atoms with Crippen LogP contribution >= 0.6 is 0 Å². The lowest BCUT2D eigenvalue weighted by Crippen LogP contribution is -2.54. The number of nitriles is 3. The molecule has 0 saturated heterocycles. The van der Waals surface area contributed by atoms with E-state index in [2.05, 4.69) is 23.1 Å². The van der Waals surface area contributed by atoms with Gasteiger partial charge in [0.15, 0.2) is 5.41 Å². The summed E-state index contributed by atoms with van der Waals surface area (Å²) in [6, 6.07) is 12.2. The molecule has 0 aromatic heterocycles. The van der Waals surface area contributed by atoms with Crippen molar-refractivity contribution in [2.75, 3.05) is 13.6 Å². The van der Waals surface area contributed by atoms with Gasteiger partial charge in [-0.15, -0.1) is 0 Å². The first-order chi connectivity index (χ1) is 12.7. The lowest BCUT2D eigenvalue weighted by atomic mass is 9.51. The van der Waals surface area contributed by atoms with Crippen molar-refractivity contribution in [3.63, 3.8) is 0 Å². The third kappa shape index (κ3) is 2.44. The fourth-order valence-corrected chi connectivity index (χ4v) is 4.57. The van der Waals surface area contributed by atoms with Crippen molar-refractivity contribution < 1.29 is 4.39 Å². The summed E-state index contributed by atoms with van der Waals surface area (Å²) < 4.78 is 13.5. The largest absolute Gasteiger partial charge is 0.399 e. The molecule has 136 valence electrons. The number of hydrogen-bond acceptors (Lipinski definition) is 5. The first-order valence-corrected chi connectivity index (χ1v) is 8.66. The van der Waals surface area contributed by atoms with Crippen LogP contribution < -0.4 is 5.73 Å². The molecule has 6 heteroatoms. The third-order valence-corrected chi connectivity index (χ3v) is 6.00. The van der Waals surface area contributed by atoms with E-state index in [1.54, 1.807) is 12.1 Å². The summed E-state index contributed by atoms with van der Waals surface area (Å²) in [7, 11) is 1.96. The molecule has 1 aromatic rings. The highest BCUT2D eigenvalue weighted by Gasteiger charge is 2.60. The van der Waals surface area contributed by atoms with Crippen LogP contribution in [0, 0.1) is 50.6 Å². The van der Waals surface area contributed by atoms with E-state index in [0.29, 0.717) is 12.1 Å². The maximum atomic E-state index is 13.5. The van der Waals surface area contributed by atoms with Crippen LogP contribution in [0.5, 0.6) is 0 Å². The predicted octanol–water partition coefficient (Wildman–Crippen LogP) is 2.96. The number of likely N-dealkylation sites (N-methyl/N-ethyl adjacent to an activating group) is 1. The van der Waals surface area contributed by atoms with Gasteiger partial charge in [0.05, 0.1) is 23.4 Å². The van der Waals surface area contributed by atoms with Gasteiger partial charge in [0.1, 0.15) is 11.9 Å². The van der Waals surface area contributed by atoms with Crippen LogP contribution in [-0.2, 0) is 0 Å². The zero-order valence-corrected chi connectivity index (χ0v) is 15.5. The third-order valence-electron chi connectivity index (χ3n) is 6.00. The first kappa shape index (κ1) is 18.6. The topological polar surface area (TPSA) is 101 Å². The van der Waals surface area contributed by atoms with E-state index in [-0.39, 0.29) is 17.3 Å². The zero-order chi connectivity index (χ0) is 20.0. The summed E-state index contributed by atoms with van der Waals surface area (Å²) in [5.74, 6) is -1.04. The van der Waals surface area contributed by atoms with Crippen molar-refractivity contribution in [3.8, 4) is 18.2 Å². The molecule has 1 aliphatic carbocycles. The van der Waals surface area contributed by atoms with Gasteiger partial charge in [-0.3, -0.25) is 4.90 Å². The summed E-state index contributed by atoms with van der Waals surface area (Å²) in [5.41, 5.74) is 5.44. The Bertz CT molecular complexity index is 956. The molecule has 0 amide bonds. The summed E-state index contributed by atoms with van der Waals surface area (Å²) in [6.45, 7) is 4.50. The Hall–Kier alpha value is -3.14. The second-order valence-corrected chi connectivity index (χ2v) is 7.57. The van der Waals surface area contributed by atoms with E-state index in [1.165, 1.54) is 12.1 Å². The van der Waals surface area contributed by atoms with Crippen LogP contribution in [0.4, 0.5) is 4.39 Å². The molecule has 0 bridgehead atoms. The summed E-state index contributed by atoms with van der Waals surface area (Å²) in [6.07, 6.45) is 1.98. The first-order valence-electron chi connectivity index (χ1n) is 8.66. The Morgan fingerprint density at radius 2 is 1.78 bits per heavy atom. The maximum absolute atomic E-state index is 13.5. The fraction of sp³-hybridized carbons (Fsp3) is 0.381. The Labute approximate surface area is 158 Å². The second-order valence-electron chi connectivity index (χ2n) is 7.57. The van der Waals surface area contributed by atoms with E-state index in [9.17, 15) is 20.2 Å². The van der Waals surface area contributed by atoms with Gasteiger partial charge >= 0.3 is 0 Å². The van der Waals surface area contributed by atoms with Gasteiger partial charge in [-0.25, -0.2) is 4.39 Å². The monoisotopic (exact) mass is 361 g/mol. The van der Waals surface area contributed by atoms with Crippen LogP contribution in [-0.4, -0.2) is 24.5 Å². The number of hydrogen-bond donors (Lipinski definition) is 1. The number of allylic oxidation sites excluding steroid dienone is 2. The van der Waals surface area contributed by atoms with Crippen LogP contribution in [0.15, 0.2) is 47.2 Å². The van der Waals surface area contributed by atoms with Crippen molar-refractivity contribution in [2.24, 2.45) is 16.6 Å². The van der Waals surface area contributed by atoms with Gasteiger partial charge < -0.3 is 5.73 Å². The number of nitrogens with two attached hydrogens (primary N) is 1. The molecule has 1 aromatic carbocycles. The van der Waals surface area contributed by atoms with Crippen LogP contribution in [0.3, 0.4) is 0 Å². The van der Waals surface area contributed by atoms with E-state index in [0.717, 1.165) is 5.57 Å². The normalized spacial score (nSPS) is 29.7. The molecule has 1 aliphatic heterocycles. The lowest BCUT2D eigenvalue weighted by molar-refractivity contribution is 0.124. The van der Waals surface area contributed by atoms with Crippen LogP contribution in [0.25, 0.3) is 0 Å². The Morgan fingerprint density at radius 3 is 2.30 bits per heavy atom. The van der Waals surface area contributed by atoms with Gasteiger partial charge in [0, 0.05) is 23.9 Å². The van der Waals surface area contributed by atoms with Crippen molar-refractivity contribution in [3.05, 3.63) is 58.6 Å². The molecule has 0 spiro atoms. The number of rotatable bonds is 1. The Morgan fingerprint density at radius 1 is 1.19 bits per heavy atom. The molecule has 0 unspecified atom stereocenters. The van der Waals surface area contributed by atoms with Gasteiger partial charge in [-0.2, -0.15) is 15.8 Å². The molecular weight excluding hydrogens is 341 g/mol. The minimum absolute atomic E-state index is 0.0233. The number of fused-ring (bicyclic) bond motifs is 1. The van der Waals surface area contributed by atoms with Crippen LogP contribution in [0.1, 0.15) is 25.3 Å². The van der Waals surface area contributed by atoms with E-state index >= 15 is 0 Å². The quantitative estimate of drug-likeness (QED) is 0.829. The maximum Gasteiger partial charge on any atom is 0.191 e. The molecule has 3 atom stereocenters. The molecule has 0 radical (unpaired) electrons. The molecule has 1 heterocycles. The SMILES string of the molecule is C[C@H]1C=C2C(C#N)=C(N)C(C#N)(C#N)[C@H](c3ccc(F)cc3)[C@]2(C)CN1C. The fourth-order valence-electron chi connectivity index (χ4n) is 4.57. The average molecular weight is 361 g/mol. The Balaban J connectivity index is 2.42. The average Bonchev–Trinajstić information content (AvgIpc) is 2.65. The highest BCUT2D eigenvalue weighted by molar-refractivity contribution is 5.61. The zero-order valence-electron chi connectivity index (χ0n) is 15.5. The molecule has 0 fully saturated rings. The number of nitrogens with zero attached hydrogens (tertiary/aromatic N) is 4. The minimum Gasteiger partial charge on any atom is -0.399 e. The van der Waals surface area contributed by atoms with Gasteiger partial charge in [0.2, 0.25) is 0 Å². The van der Waals surface area contributed by atoms with Crippen LogP contribution in [0.2, 0.25) is 0 Å². The summed E-state index contributed by atoms with van der Waals surface area (Å²) >= 11 is 0. The lowest BCUT2D eigenvalue weighted by Gasteiger charge is -2.53. The Kier molecular flexibility index (Phi) is 4.31. The van der Waals surface area contributed by atoms with E-state index in [4.69, 9.17) is 5.73 Å². The second kappa shape index (κ2) is 6.23. The van der Waals surface area contributed by atoms with E-state index < -0.39 is 22.6 Å². The molecule has 2 N–H and O–H groups in total. The predicted molar refractivity (Wildman–Crippen MR) is 97.9 cm³/mol. The van der Waals surface area contributed by atoms with Gasteiger partial charge in [0.25, 0.3) is 0 Å². The van der Waals surface area contributed by atoms with Gasteiger partial charge in [-0.1, -0.05) is 25.1 Å². The minimum atomic E-state index is -1.71. The standard InChI is InChI=1S/C21H20FN5/c1-13-8-17-16(9-23)19(26)21(10-24,11-25)18(20(17,2)12-27(13)3)14-4-6-15(22)7-5-14/h4-8,13,18H,12,26H2,1-3H3/t13-,18+,20+/m0/s1. The van der Waals surface area contributed by atoms with Crippen molar-refractivity contribution in [1.29, 1.82) is 15.8 Å².